The molecule has 2 aromatic rings. The zero-order valence-corrected chi connectivity index (χ0v) is 12.0. The molecular weight excluding hydrogens is 230 g/mol. The molecule has 0 bridgehead atoms. The normalized spacial score (nSPS) is 13.0. The lowest BCUT2D eigenvalue weighted by molar-refractivity contribution is 0.491. The fourth-order valence-electron chi connectivity index (χ4n) is 1.32. The lowest BCUT2D eigenvalue weighted by Gasteiger charge is -2.36. The zero-order valence-electron chi connectivity index (χ0n) is 11.0. The fraction of sp³-hybridized carbons (Fsp3) is 0.500. The summed E-state index contributed by atoms with van der Waals surface area (Å²) in [6.07, 6.45) is 3.53. The lowest BCUT2D eigenvalue weighted by Crippen LogP contribution is -2.43. The fourth-order valence-corrected chi connectivity index (χ4v) is 2.33. The minimum Gasteiger partial charge on any atom is -0.542 e. The van der Waals surface area contributed by atoms with Crippen LogP contribution in [0.15, 0.2) is 18.5 Å². The smallest absolute Gasteiger partial charge is 0.250 e. The van der Waals surface area contributed by atoms with Crippen molar-refractivity contribution in [3.63, 3.8) is 0 Å². The Morgan fingerprint density at radius 2 is 1.94 bits per heavy atom. The van der Waals surface area contributed by atoms with Crippen LogP contribution in [-0.4, -0.2) is 23.5 Å². The number of aromatic amines is 1. The Balaban J connectivity index is 2.29. The molecule has 1 N–H and O–H groups in total. The third-order valence-corrected chi connectivity index (χ3v) is 7.80. The summed E-state index contributed by atoms with van der Waals surface area (Å²) in [6, 6.07) is 1.99. The molecule has 17 heavy (non-hydrogen) atoms. The second-order valence-corrected chi connectivity index (χ2v) is 10.6. The Morgan fingerprint density at radius 1 is 1.24 bits per heavy atom. The van der Waals surface area contributed by atoms with Gasteiger partial charge in [-0.1, -0.05) is 20.8 Å². The van der Waals surface area contributed by atoms with Gasteiger partial charge in [-0.3, -0.25) is 5.10 Å². The van der Waals surface area contributed by atoms with Gasteiger partial charge in [-0.15, -0.1) is 0 Å². The predicted molar refractivity (Wildman–Crippen MR) is 71.7 cm³/mol. The van der Waals surface area contributed by atoms with Crippen molar-refractivity contribution in [2.24, 2.45) is 0 Å². The van der Waals surface area contributed by atoms with E-state index in [2.05, 4.69) is 49.0 Å². The largest absolute Gasteiger partial charge is 0.542 e. The van der Waals surface area contributed by atoms with E-state index in [9.17, 15) is 0 Å². The highest BCUT2D eigenvalue weighted by Gasteiger charge is 2.39. The third-order valence-electron chi connectivity index (χ3n) is 3.45. The van der Waals surface area contributed by atoms with Crippen LogP contribution >= 0.6 is 0 Å². The van der Waals surface area contributed by atoms with E-state index < -0.39 is 8.32 Å². The molecule has 4 nitrogen and oxygen atoms in total. The van der Waals surface area contributed by atoms with Gasteiger partial charge in [0.05, 0.1) is 12.4 Å². The average Bonchev–Trinajstić information content (AvgIpc) is 2.62. The van der Waals surface area contributed by atoms with Crippen LogP contribution in [0.4, 0.5) is 0 Å². The van der Waals surface area contributed by atoms with Crippen LogP contribution < -0.4 is 4.43 Å². The van der Waals surface area contributed by atoms with Crippen LogP contribution in [0, 0.1) is 0 Å². The van der Waals surface area contributed by atoms with E-state index in [1.54, 1.807) is 12.4 Å². The first-order valence-corrected chi connectivity index (χ1v) is 8.68. The molecule has 2 aromatic heterocycles. The highest BCUT2D eigenvalue weighted by molar-refractivity contribution is 6.74. The number of hydrogen-bond donors (Lipinski definition) is 1. The standard InChI is InChI=1S/C12H19N3OSi/c1-12(2,3)17(4,5)16-10-6-9-7-14-15-11(9)13-8-10/h6-8H,1-5H3,(H,13,14,15). The zero-order chi connectivity index (χ0) is 12.7. The first kappa shape index (κ1) is 12.1. The Bertz CT molecular complexity index is 528. The molecule has 0 aromatic carbocycles. The van der Waals surface area contributed by atoms with Crippen molar-refractivity contribution in [3.8, 4) is 5.75 Å². The van der Waals surface area contributed by atoms with E-state index in [0.717, 1.165) is 16.8 Å². The molecule has 2 rings (SSSR count). The second kappa shape index (κ2) is 3.84. The number of pyridine rings is 1. The SMILES string of the molecule is CC(C)(C)[Si](C)(C)Oc1cnc2[nH]ncc2c1. The number of rotatable bonds is 2. The van der Waals surface area contributed by atoms with Crippen molar-refractivity contribution < 1.29 is 4.43 Å². The van der Waals surface area contributed by atoms with Crippen molar-refractivity contribution >= 4 is 19.4 Å². The van der Waals surface area contributed by atoms with Crippen LogP contribution in [0.1, 0.15) is 20.8 Å². The van der Waals surface area contributed by atoms with Gasteiger partial charge in [0.25, 0.3) is 8.32 Å². The van der Waals surface area contributed by atoms with Crippen molar-refractivity contribution in [1.29, 1.82) is 0 Å². The summed E-state index contributed by atoms with van der Waals surface area (Å²) >= 11 is 0. The molecule has 5 heteroatoms. The van der Waals surface area contributed by atoms with Crippen molar-refractivity contribution in [3.05, 3.63) is 18.5 Å². The van der Waals surface area contributed by atoms with E-state index in [1.807, 2.05) is 6.07 Å². The van der Waals surface area contributed by atoms with E-state index in [0.29, 0.717) is 0 Å². The van der Waals surface area contributed by atoms with E-state index in [4.69, 9.17) is 4.43 Å². The Kier molecular flexibility index (Phi) is 2.73. The molecule has 0 aliphatic heterocycles. The van der Waals surface area contributed by atoms with Crippen LogP contribution in [0.2, 0.25) is 18.1 Å². The molecule has 0 amide bonds. The maximum absolute atomic E-state index is 6.18. The van der Waals surface area contributed by atoms with Gasteiger partial charge >= 0.3 is 0 Å². The van der Waals surface area contributed by atoms with Crippen LogP contribution in [0.5, 0.6) is 5.75 Å². The van der Waals surface area contributed by atoms with E-state index in [-0.39, 0.29) is 5.04 Å². The molecule has 0 unspecified atom stereocenters. The van der Waals surface area contributed by atoms with Crippen molar-refractivity contribution in [2.45, 2.75) is 38.9 Å². The lowest BCUT2D eigenvalue weighted by atomic mass is 10.2. The van der Waals surface area contributed by atoms with Crippen molar-refractivity contribution in [2.75, 3.05) is 0 Å². The highest BCUT2D eigenvalue weighted by atomic mass is 28.4. The number of nitrogens with one attached hydrogen (secondary N) is 1. The maximum atomic E-state index is 6.18. The number of hydrogen-bond acceptors (Lipinski definition) is 3. The van der Waals surface area contributed by atoms with Crippen molar-refractivity contribution in [1.82, 2.24) is 15.2 Å². The van der Waals surface area contributed by atoms with Gasteiger partial charge in [-0.25, -0.2) is 4.98 Å². The molecule has 92 valence electrons. The van der Waals surface area contributed by atoms with E-state index >= 15 is 0 Å². The minimum atomic E-state index is -1.78. The van der Waals surface area contributed by atoms with Gasteiger partial charge in [-0.2, -0.15) is 5.10 Å². The minimum absolute atomic E-state index is 0.193. The number of fused-ring (bicyclic) bond motifs is 1. The summed E-state index contributed by atoms with van der Waals surface area (Å²) < 4.78 is 6.18. The van der Waals surface area contributed by atoms with Gasteiger partial charge in [0.2, 0.25) is 0 Å². The number of aromatic nitrogens is 3. The molecule has 0 aliphatic carbocycles. The molecule has 0 spiro atoms. The summed E-state index contributed by atoms with van der Waals surface area (Å²) in [4.78, 5) is 4.29. The summed E-state index contributed by atoms with van der Waals surface area (Å²) in [5, 5.41) is 7.97. The Labute approximate surface area is 103 Å². The number of nitrogens with zero attached hydrogens (tertiary/aromatic N) is 2. The molecular formula is C12H19N3OSi. The molecule has 0 saturated heterocycles. The quantitative estimate of drug-likeness (QED) is 0.830. The van der Waals surface area contributed by atoms with Gasteiger partial charge < -0.3 is 4.43 Å². The molecule has 0 fully saturated rings. The first-order valence-electron chi connectivity index (χ1n) is 5.78. The molecule has 0 atom stereocenters. The summed E-state index contributed by atoms with van der Waals surface area (Å²) in [7, 11) is -1.78. The second-order valence-electron chi connectivity index (χ2n) is 5.84. The topological polar surface area (TPSA) is 50.8 Å². The van der Waals surface area contributed by atoms with Crippen LogP contribution in [0.3, 0.4) is 0 Å². The number of H-pyrrole nitrogens is 1. The Morgan fingerprint density at radius 3 is 2.59 bits per heavy atom. The molecule has 2 heterocycles. The Hall–Kier alpha value is -1.36. The van der Waals surface area contributed by atoms with Gasteiger partial charge in [0, 0.05) is 5.39 Å². The summed E-state index contributed by atoms with van der Waals surface area (Å²) in [5.41, 5.74) is 0.799. The van der Waals surface area contributed by atoms with Gasteiger partial charge in [0.1, 0.15) is 5.75 Å². The van der Waals surface area contributed by atoms with Gasteiger partial charge in [-0.05, 0) is 24.2 Å². The van der Waals surface area contributed by atoms with Crippen LogP contribution in [0.25, 0.3) is 11.0 Å². The average molecular weight is 249 g/mol. The monoisotopic (exact) mass is 249 g/mol. The summed E-state index contributed by atoms with van der Waals surface area (Å²) in [6.45, 7) is 11.1. The third kappa shape index (κ3) is 2.34. The maximum Gasteiger partial charge on any atom is 0.250 e. The molecule has 0 aliphatic rings. The first-order chi connectivity index (χ1) is 7.79. The molecule has 0 saturated carbocycles. The van der Waals surface area contributed by atoms with Crippen LogP contribution in [-0.2, 0) is 0 Å². The molecule has 0 radical (unpaired) electrons. The van der Waals surface area contributed by atoms with E-state index in [1.165, 1.54) is 0 Å². The predicted octanol–water partition coefficient (Wildman–Crippen LogP) is 3.34. The highest BCUT2D eigenvalue weighted by Crippen LogP contribution is 2.37. The van der Waals surface area contributed by atoms with Gasteiger partial charge in [0.15, 0.2) is 5.65 Å². The summed E-state index contributed by atoms with van der Waals surface area (Å²) in [5.74, 6) is 0.838.